The van der Waals surface area contributed by atoms with Gasteiger partial charge >= 0.3 is 0 Å². The smallest absolute Gasteiger partial charge is 0.268 e. The van der Waals surface area contributed by atoms with Crippen molar-refractivity contribution >= 4 is 10.1 Å². The highest BCUT2D eigenvalue weighted by Crippen LogP contribution is 1.81. The molecule has 0 heterocycles. The summed E-state index contributed by atoms with van der Waals surface area (Å²) in [6.07, 6.45) is 2.84. The van der Waals surface area contributed by atoms with Crippen LogP contribution in [0.25, 0.3) is 0 Å². The van der Waals surface area contributed by atoms with E-state index in [0.29, 0.717) is 0 Å². The molecule has 1 N–H and O–H groups in total. The molecular weight excluding hydrogens is 176 g/mol. The summed E-state index contributed by atoms with van der Waals surface area (Å²) in [5.74, 6) is -0.368. The summed E-state index contributed by atoms with van der Waals surface area (Å²) < 4.78 is 27.3. The maximum absolute atomic E-state index is 9.72. The van der Waals surface area contributed by atoms with Crippen molar-refractivity contribution in [3.05, 3.63) is 37.5 Å². The third kappa shape index (κ3) is 22.9. The third-order valence-electron chi connectivity index (χ3n) is 0.677. The Labute approximate surface area is 73.9 Å². The topological polar surface area (TPSA) is 54.4 Å². The maximum Gasteiger partial charge on any atom is 0.268 e. The normalized spacial score (nSPS) is 9.17. The van der Waals surface area contributed by atoms with Crippen LogP contribution in [-0.4, -0.2) is 18.7 Å². The van der Waals surface area contributed by atoms with Crippen LogP contribution < -0.4 is 0 Å². The molecule has 0 bridgehead atoms. The molecule has 12 heavy (non-hydrogen) atoms. The van der Waals surface area contributed by atoms with Gasteiger partial charge < -0.3 is 0 Å². The summed E-state index contributed by atoms with van der Waals surface area (Å²) in [6, 6.07) is 0. The van der Waals surface area contributed by atoms with Crippen LogP contribution in [0.2, 0.25) is 0 Å². The first kappa shape index (κ1) is 13.7. The van der Waals surface area contributed by atoms with E-state index in [1.54, 1.807) is 6.08 Å². The Morgan fingerprint density at radius 2 is 1.83 bits per heavy atom. The maximum atomic E-state index is 9.72. The molecule has 0 radical (unpaired) electrons. The van der Waals surface area contributed by atoms with Gasteiger partial charge in [-0.15, -0.1) is 6.58 Å². The highest BCUT2D eigenvalue weighted by atomic mass is 32.2. The molecule has 0 unspecified atom stereocenters. The molecule has 0 aliphatic heterocycles. The van der Waals surface area contributed by atoms with E-state index in [1.807, 2.05) is 6.92 Å². The molecule has 70 valence electrons. The first-order valence-corrected chi connectivity index (χ1v) is 4.78. The van der Waals surface area contributed by atoms with Gasteiger partial charge in [0.25, 0.3) is 10.1 Å². The molecule has 0 saturated heterocycles. The van der Waals surface area contributed by atoms with Crippen molar-refractivity contribution in [1.82, 2.24) is 0 Å². The summed E-state index contributed by atoms with van der Waals surface area (Å²) in [4.78, 5) is 0. The zero-order valence-electron chi connectivity index (χ0n) is 7.16. The zero-order chi connectivity index (χ0) is 10.2. The van der Waals surface area contributed by atoms with Crippen LogP contribution in [0.1, 0.15) is 6.92 Å². The van der Waals surface area contributed by atoms with Crippen molar-refractivity contribution < 1.29 is 13.0 Å². The molecule has 0 rings (SSSR count). The fraction of sp³-hybridized carbons (Fsp3) is 0.250. The largest absolute Gasteiger partial charge is 0.285 e. The SMILES string of the molecule is C=CC(=C)C.C=CCS(=O)(=O)O. The third-order valence-corrected chi connectivity index (χ3v) is 1.33. The minimum Gasteiger partial charge on any atom is -0.285 e. The van der Waals surface area contributed by atoms with E-state index >= 15 is 0 Å². The number of allylic oxidation sites excluding steroid dienone is 2. The first-order valence-electron chi connectivity index (χ1n) is 3.17. The molecule has 0 spiro atoms. The van der Waals surface area contributed by atoms with Crippen molar-refractivity contribution in [2.75, 3.05) is 5.75 Å². The van der Waals surface area contributed by atoms with Crippen LogP contribution in [-0.2, 0) is 10.1 Å². The van der Waals surface area contributed by atoms with Gasteiger partial charge in [0, 0.05) is 0 Å². The molecular formula is C8H14O3S. The lowest BCUT2D eigenvalue weighted by atomic mass is 10.4. The molecule has 0 amide bonds. The van der Waals surface area contributed by atoms with Crippen molar-refractivity contribution in [3.63, 3.8) is 0 Å². The highest BCUT2D eigenvalue weighted by Gasteiger charge is 1.95. The molecule has 3 nitrogen and oxygen atoms in total. The Morgan fingerprint density at radius 3 is 1.83 bits per heavy atom. The molecule has 0 aliphatic carbocycles. The minimum absolute atomic E-state index is 0.368. The fourth-order valence-electron chi connectivity index (χ4n) is 0.149. The van der Waals surface area contributed by atoms with Gasteiger partial charge in [0.15, 0.2) is 0 Å². The quantitative estimate of drug-likeness (QED) is 0.419. The predicted octanol–water partition coefficient (Wildman–Crippen LogP) is 1.81. The Kier molecular flexibility index (Phi) is 7.78. The van der Waals surface area contributed by atoms with E-state index in [9.17, 15) is 8.42 Å². The van der Waals surface area contributed by atoms with Crippen molar-refractivity contribution in [2.45, 2.75) is 6.92 Å². The second-order valence-electron chi connectivity index (χ2n) is 2.09. The van der Waals surface area contributed by atoms with Crippen molar-refractivity contribution in [1.29, 1.82) is 0 Å². The van der Waals surface area contributed by atoms with Gasteiger partial charge in [0.05, 0.1) is 5.75 Å². The number of hydrogen-bond acceptors (Lipinski definition) is 2. The highest BCUT2D eigenvalue weighted by molar-refractivity contribution is 7.85. The van der Waals surface area contributed by atoms with Crippen LogP contribution in [0.15, 0.2) is 37.5 Å². The fourth-order valence-corrected chi connectivity index (χ4v) is 0.447. The average molecular weight is 190 g/mol. The van der Waals surface area contributed by atoms with E-state index < -0.39 is 10.1 Å². The average Bonchev–Trinajstić information content (AvgIpc) is 1.86. The van der Waals surface area contributed by atoms with Gasteiger partial charge in [-0.1, -0.05) is 30.9 Å². The molecule has 0 saturated carbocycles. The summed E-state index contributed by atoms with van der Waals surface area (Å²) in [6.45, 7) is 12.0. The molecule has 0 aliphatic rings. The van der Waals surface area contributed by atoms with E-state index in [2.05, 4.69) is 19.7 Å². The number of hydrogen-bond donors (Lipinski definition) is 1. The van der Waals surface area contributed by atoms with Gasteiger partial charge in [-0.05, 0) is 6.92 Å². The summed E-state index contributed by atoms with van der Waals surface area (Å²) >= 11 is 0. The Balaban J connectivity index is 0. The van der Waals surface area contributed by atoms with E-state index in [-0.39, 0.29) is 5.75 Å². The van der Waals surface area contributed by atoms with Crippen molar-refractivity contribution in [3.8, 4) is 0 Å². The summed E-state index contributed by atoms with van der Waals surface area (Å²) in [5, 5.41) is 0. The Morgan fingerprint density at radius 1 is 1.50 bits per heavy atom. The first-order chi connectivity index (χ1) is 5.33. The minimum atomic E-state index is -3.79. The lowest BCUT2D eigenvalue weighted by Crippen LogP contribution is -1.99. The summed E-state index contributed by atoms with van der Waals surface area (Å²) in [5.41, 5.74) is 1.02. The van der Waals surface area contributed by atoms with Crippen LogP contribution in [0.4, 0.5) is 0 Å². The van der Waals surface area contributed by atoms with Crippen LogP contribution in [0.5, 0.6) is 0 Å². The molecule has 0 aromatic rings. The van der Waals surface area contributed by atoms with E-state index in [4.69, 9.17) is 4.55 Å². The predicted molar refractivity (Wildman–Crippen MR) is 51.6 cm³/mol. The van der Waals surface area contributed by atoms with Crippen LogP contribution >= 0.6 is 0 Å². The number of rotatable bonds is 3. The van der Waals surface area contributed by atoms with Gasteiger partial charge in [-0.25, -0.2) is 0 Å². The van der Waals surface area contributed by atoms with Crippen molar-refractivity contribution in [2.24, 2.45) is 0 Å². The Hall–Kier alpha value is -0.870. The molecule has 0 aromatic carbocycles. The zero-order valence-corrected chi connectivity index (χ0v) is 7.97. The van der Waals surface area contributed by atoms with Crippen LogP contribution in [0.3, 0.4) is 0 Å². The molecule has 4 heteroatoms. The van der Waals surface area contributed by atoms with Gasteiger partial charge in [-0.3, -0.25) is 4.55 Å². The van der Waals surface area contributed by atoms with Gasteiger partial charge in [0.2, 0.25) is 0 Å². The van der Waals surface area contributed by atoms with E-state index in [0.717, 1.165) is 11.6 Å². The summed E-state index contributed by atoms with van der Waals surface area (Å²) in [7, 11) is -3.79. The molecule has 0 aromatic heterocycles. The van der Waals surface area contributed by atoms with Gasteiger partial charge in [0.1, 0.15) is 0 Å². The van der Waals surface area contributed by atoms with Gasteiger partial charge in [-0.2, -0.15) is 8.42 Å². The van der Waals surface area contributed by atoms with E-state index in [1.165, 1.54) is 0 Å². The second-order valence-corrected chi connectivity index (χ2v) is 3.58. The molecule has 0 fully saturated rings. The molecule has 0 atom stereocenters. The Bertz CT molecular complexity index is 249. The lowest BCUT2D eigenvalue weighted by molar-refractivity contribution is 0.487. The monoisotopic (exact) mass is 190 g/mol. The lowest BCUT2D eigenvalue weighted by Gasteiger charge is -1.82. The second kappa shape index (κ2) is 6.82. The standard InChI is InChI=1S/C5H8.C3H6O3S/c1-4-5(2)3;1-2-3-7(4,5)6/h4H,1-2H2,3H3;2H,1,3H2,(H,4,5,6). The van der Waals surface area contributed by atoms with Crippen LogP contribution in [0, 0.1) is 0 Å².